The van der Waals surface area contributed by atoms with Gasteiger partial charge in [-0.1, -0.05) is 43.3 Å². The molecule has 0 radical (unpaired) electrons. The first-order valence-corrected chi connectivity index (χ1v) is 9.97. The molecule has 0 aromatic heterocycles. The molecule has 150 valence electrons. The van der Waals surface area contributed by atoms with Crippen LogP contribution in [0.2, 0.25) is 0 Å². The highest BCUT2D eigenvalue weighted by atomic mass is 16.5. The Morgan fingerprint density at radius 1 is 1.18 bits per heavy atom. The van der Waals surface area contributed by atoms with Gasteiger partial charge >= 0.3 is 0 Å². The second-order valence-electron chi connectivity index (χ2n) is 7.20. The highest BCUT2D eigenvalue weighted by Gasteiger charge is 2.22. The molecule has 0 spiro atoms. The van der Waals surface area contributed by atoms with Gasteiger partial charge in [-0.2, -0.15) is 0 Å². The first kappa shape index (κ1) is 20.4. The summed E-state index contributed by atoms with van der Waals surface area (Å²) < 4.78 is 10.8. The minimum absolute atomic E-state index is 0.0659. The summed E-state index contributed by atoms with van der Waals surface area (Å²) in [4.78, 5) is 14.7. The van der Waals surface area contributed by atoms with E-state index in [1.54, 1.807) is 7.11 Å². The van der Waals surface area contributed by atoms with Crippen LogP contribution in [-0.4, -0.2) is 43.7 Å². The highest BCUT2D eigenvalue weighted by molar-refractivity contribution is 5.77. The molecular weight excluding hydrogens is 352 g/mol. The number of nitrogens with one attached hydrogen (secondary N) is 1. The van der Waals surface area contributed by atoms with Crippen molar-refractivity contribution in [2.75, 3.05) is 26.8 Å². The lowest BCUT2D eigenvalue weighted by atomic mass is 9.98. The average molecular weight is 383 g/mol. The molecule has 1 amide bonds. The molecule has 0 unspecified atom stereocenters. The van der Waals surface area contributed by atoms with Crippen molar-refractivity contribution in [3.8, 4) is 5.75 Å². The van der Waals surface area contributed by atoms with Gasteiger partial charge in [-0.15, -0.1) is 0 Å². The molecule has 0 fully saturated rings. The van der Waals surface area contributed by atoms with Crippen molar-refractivity contribution >= 4 is 5.91 Å². The van der Waals surface area contributed by atoms with Crippen LogP contribution in [0.1, 0.15) is 30.0 Å². The predicted molar refractivity (Wildman–Crippen MR) is 110 cm³/mol. The Kier molecular flexibility index (Phi) is 7.46. The zero-order valence-electron chi connectivity index (χ0n) is 16.8. The normalized spacial score (nSPS) is 14.9. The van der Waals surface area contributed by atoms with Gasteiger partial charge in [0.1, 0.15) is 12.4 Å². The molecular formula is C23H30N2O3. The number of benzene rings is 2. The number of carbonyl (C=O) groups is 1. The van der Waals surface area contributed by atoms with Gasteiger partial charge in [-0.05, 0) is 41.7 Å². The van der Waals surface area contributed by atoms with E-state index in [0.29, 0.717) is 19.2 Å². The zero-order valence-corrected chi connectivity index (χ0v) is 16.8. The number of fused-ring (bicyclic) bond motifs is 1. The van der Waals surface area contributed by atoms with Crippen LogP contribution in [-0.2, 0) is 29.1 Å². The number of hydrogen-bond acceptors (Lipinski definition) is 4. The van der Waals surface area contributed by atoms with E-state index in [1.165, 1.54) is 11.1 Å². The summed E-state index contributed by atoms with van der Waals surface area (Å²) in [6.07, 6.45) is 2.08. The molecule has 2 aromatic carbocycles. The Bertz CT molecular complexity index is 778. The van der Waals surface area contributed by atoms with Gasteiger partial charge in [0.25, 0.3) is 0 Å². The van der Waals surface area contributed by atoms with Crippen molar-refractivity contribution in [3.63, 3.8) is 0 Å². The molecule has 2 aromatic rings. The van der Waals surface area contributed by atoms with Crippen LogP contribution in [0, 0.1) is 0 Å². The summed E-state index contributed by atoms with van der Waals surface area (Å²) in [5.41, 5.74) is 3.84. The van der Waals surface area contributed by atoms with Gasteiger partial charge in [-0.25, -0.2) is 0 Å². The Balaban J connectivity index is 1.41. The third-order valence-corrected chi connectivity index (χ3v) is 5.32. The van der Waals surface area contributed by atoms with Crippen molar-refractivity contribution < 1.29 is 14.3 Å². The quantitative estimate of drug-likeness (QED) is 0.724. The average Bonchev–Trinajstić information content (AvgIpc) is 2.74. The van der Waals surface area contributed by atoms with Gasteiger partial charge in [0.2, 0.25) is 5.91 Å². The molecule has 0 bridgehead atoms. The standard InChI is InChI=1S/C23H30N2O3/c1-3-21(25-12-11-19-8-4-5-9-20(19)15-25)14-24-23(26)17-28-16-18-7-6-10-22(13-18)27-2/h4-10,13,21H,3,11-12,14-17H2,1-2H3,(H,24,26)/t21-/m0/s1. The summed E-state index contributed by atoms with van der Waals surface area (Å²) >= 11 is 0. The number of ether oxygens (including phenoxy) is 2. The number of nitrogens with zero attached hydrogens (tertiary/aromatic N) is 1. The van der Waals surface area contributed by atoms with E-state index in [0.717, 1.165) is 37.2 Å². The molecule has 5 heteroatoms. The Morgan fingerprint density at radius 3 is 2.79 bits per heavy atom. The third kappa shape index (κ3) is 5.57. The molecule has 0 aliphatic carbocycles. The molecule has 1 atom stereocenters. The summed E-state index contributed by atoms with van der Waals surface area (Å²) in [7, 11) is 1.64. The van der Waals surface area contributed by atoms with Crippen molar-refractivity contribution in [2.45, 2.75) is 39.0 Å². The minimum atomic E-state index is -0.0706. The smallest absolute Gasteiger partial charge is 0.246 e. The summed E-state index contributed by atoms with van der Waals surface area (Å²) in [6.45, 7) is 5.28. The molecule has 0 saturated heterocycles. The highest BCUT2D eigenvalue weighted by Crippen LogP contribution is 2.21. The molecule has 1 N–H and O–H groups in total. The van der Waals surface area contributed by atoms with Crippen LogP contribution >= 0.6 is 0 Å². The van der Waals surface area contributed by atoms with Crippen LogP contribution < -0.4 is 10.1 Å². The van der Waals surface area contributed by atoms with E-state index in [1.807, 2.05) is 24.3 Å². The van der Waals surface area contributed by atoms with E-state index in [2.05, 4.69) is 41.4 Å². The van der Waals surface area contributed by atoms with Crippen LogP contribution in [0.5, 0.6) is 5.75 Å². The second-order valence-corrected chi connectivity index (χ2v) is 7.20. The summed E-state index contributed by atoms with van der Waals surface area (Å²) in [5.74, 6) is 0.721. The lowest BCUT2D eigenvalue weighted by molar-refractivity contribution is -0.126. The van der Waals surface area contributed by atoms with Gasteiger partial charge in [0.05, 0.1) is 13.7 Å². The maximum absolute atomic E-state index is 12.2. The Hall–Kier alpha value is -2.37. The van der Waals surface area contributed by atoms with Crippen LogP contribution in [0.4, 0.5) is 0 Å². The fourth-order valence-electron chi connectivity index (χ4n) is 3.67. The molecule has 1 aliphatic heterocycles. The van der Waals surface area contributed by atoms with E-state index in [4.69, 9.17) is 9.47 Å². The molecule has 1 heterocycles. The second kappa shape index (κ2) is 10.2. The minimum Gasteiger partial charge on any atom is -0.497 e. The topological polar surface area (TPSA) is 50.8 Å². The number of rotatable bonds is 9. The summed E-state index contributed by atoms with van der Waals surface area (Å²) in [5, 5.41) is 3.03. The van der Waals surface area contributed by atoms with Crippen LogP contribution in [0.3, 0.4) is 0 Å². The third-order valence-electron chi connectivity index (χ3n) is 5.32. The molecule has 5 nitrogen and oxygen atoms in total. The van der Waals surface area contributed by atoms with E-state index >= 15 is 0 Å². The van der Waals surface area contributed by atoms with Crippen LogP contribution in [0.15, 0.2) is 48.5 Å². The number of carbonyl (C=O) groups excluding carboxylic acids is 1. The largest absolute Gasteiger partial charge is 0.497 e. The Morgan fingerprint density at radius 2 is 2.00 bits per heavy atom. The lowest BCUT2D eigenvalue weighted by Crippen LogP contribution is -2.46. The maximum Gasteiger partial charge on any atom is 0.246 e. The fourth-order valence-corrected chi connectivity index (χ4v) is 3.67. The monoisotopic (exact) mass is 382 g/mol. The van der Waals surface area contributed by atoms with Gasteiger partial charge < -0.3 is 14.8 Å². The predicted octanol–water partition coefficient (Wildman–Crippen LogP) is 3.16. The SMILES string of the molecule is CC[C@@H](CNC(=O)COCc1cccc(OC)c1)N1CCc2ccccc2C1. The van der Waals surface area contributed by atoms with Gasteiger partial charge in [0, 0.05) is 25.7 Å². The fraction of sp³-hybridized carbons (Fsp3) is 0.435. The van der Waals surface area contributed by atoms with Gasteiger partial charge in [0.15, 0.2) is 0 Å². The first-order chi connectivity index (χ1) is 13.7. The van der Waals surface area contributed by atoms with Crippen LogP contribution in [0.25, 0.3) is 0 Å². The molecule has 1 aliphatic rings. The first-order valence-electron chi connectivity index (χ1n) is 9.97. The molecule has 0 saturated carbocycles. The van der Waals surface area contributed by atoms with E-state index in [9.17, 15) is 4.79 Å². The number of amides is 1. The maximum atomic E-state index is 12.2. The number of hydrogen-bond donors (Lipinski definition) is 1. The molecule has 28 heavy (non-hydrogen) atoms. The van der Waals surface area contributed by atoms with Crippen molar-refractivity contribution in [1.29, 1.82) is 0 Å². The Labute approximate surface area is 167 Å². The number of methoxy groups -OCH3 is 1. The van der Waals surface area contributed by atoms with Gasteiger partial charge in [-0.3, -0.25) is 9.69 Å². The van der Waals surface area contributed by atoms with Crippen molar-refractivity contribution in [2.24, 2.45) is 0 Å². The van der Waals surface area contributed by atoms with E-state index in [-0.39, 0.29) is 12.5 Å². The summed E-state index contributed by atoms with van der Waals surface area (Å²) in [6, 6.07) is 16.7. The lowest BCUT2D eigenvalue weighted by Gasteiger charge is -2.35. The molecule has 3 rings (SSSR count). The van der Waals surface area contributed by atoms with Crippen molar-refractivity contribution in [1.82, 2.24) is 10.2 Å². The zero-order chi connectivity index (χ0) is 19.8. The van der Waals surface area contributed by atoms with E-state index < -0.39 is 0 Å². The van der Waals surface area contributed by atoms with Crippen molar-refractivity contribution in [3.05, 3.63) is 65.2 Å².